The molecule has 46 heavy (non-hydrogen) atoms. The summed E-state index contributed by atoms with van der Waals surface area (Å²) in [5.41, 5.74) is 11.4. The monoisotopic (exact) mass is 606 g/mol. The first-order chi connectivity index (χ1) is 22.7. The van der Waals surface area contributed by atoms with Crippen molar-refractivity contribution in [3.63, 3.8) is 0 Å². The molecule has 2 nitrogen and oxygen atoms in total. The van der Waals surface area contributed by atoms with Gasteiger partial charge in [-0.15, -0.1) is 11.3 Å². The van der Waals surface area contributed by atoms with Crippen molar-refractivity contribution in [1.29, 1.82) is 0 Å². The second kappa shape index (κ2) is 9.81. The molecule has 0 saturated heterocycles. The van der Waals surface area contributed by atoms with Gasteiger partial charge in [-0.05, 0) is 102 Å². The van der Waals surface area contributed by atoms with E-state index in [0.29, 0.717) is 5.92 Å². The molecule has 1 unspecified atom stereocenters. The summed E-state index contributed by atoms with van der Waals surface area (Å²) in [6.45, 7) is 2.36. The van der Waals surface area contributed by atoms with E-state index < -0.39 is 0 Å². The minimum atomic E-state index is 0.473. The predicted octanol–water partition coefficient (Wildman–Crippen LogP) is 12.3. The lowest BCUT2D eigenvalue weighted by Gasteiger charge is -2.16. The number of hydrogen-bond acceptors (Lipinski definition) is 1. The normalized spacial score (nSPS) is 14.7. The summed E-state index contributed by atoms with van der Waals surface area (Å²) < 4.78 is 7.54. The van der Waals surface area contributed by atoms with Crippen LogP contribution in [0.4, 0.5) is 0 Å². The van der Waals surface area contributed by atoms with Crippen LogP contribution in [0.25, 0.3) is 81.5 Å². The molecule has 3 aromatic heterocycles. The van der Waals surface area contributed by atoms with E-state index in [1.165, 1.54) is 86.6 Å². The van der Waals surface area contributed by atoms with Crippen molar-refractivity contribution < 1.29 is 0 Å². The van der Waals surface area contributed by atoms with Gasteiger partial charge in [-0.1, -0.05) is 79.7 Å². The van der Waals surface area contributed by atoms with E-state index in [0.717, 1.165) is 6.42 Å². The number of hydrogen-bond donors (Lipinski definition) is 0. The van der Waals surface area contributed by atoms with E-state index in [1.54, 1.807) is 0 Å². The highest BCUT2D eigenvalue weighted by Crippen LogP contribution is 2.42. The number of benzene rings is 6. The van der Waals surface area contributed by atoms with Crippen molar-refractivity contribution in [2.24, 2.45) is 0 Å². The Morgan fingerprint density at radius 3 is 2.04 bits per heavy atom. The zero-order valence-electron chi connectivity index (χ0n) is 25.4. The maximum absolute atomic E-state index is 2.44. The molecule has 0 aliphatic heterocycles. The average molecular weight is 607 g/mol. The van der Waals surface area contributed by atoms with Crippen molar-refractivity contribution in [2.75, 3.05) is 0 Å². The zero-order chi connectivity index (χ0) is 30.4. The van der Waals surface area contributed by atoms with Crippen LogP contribution >= 0.6 is 11.3 Å². The molecule has 3 heterocycles. The van der Waals surface area contributed by atoms with Crippen molar-refractivity contribution >= 4 is 70.3 Å². The Bertz CT molecular complexity index is 2680. The number of rotatable bonds is 3. The molecule has 0 saturated carbocycles. The molecule has 0 fully saturated rings. The molecule has 218 valence electrons. The molecular formula is C43H30N2S. The van der Waals surface area contributed by atoms with E-state index in [1.807, 2.05) is 11.3 Å². The van der Waals surface area contributed by atoms with Gasteiger partial charge < -0.3 is 9.13 Å². The molecule has 10 rings (SSSR count). The smallest absolute Gasteiger partial charge is 0.0541 e. The first-order valence-corrected chi connectivity index (χ1v) is 16.9. The Hall–Kier alpha value is -5.38. The second-order valence-electron chi connectivity index (χ2n) is 12.6. The van der Waals surface area contributed by atoms with Gasteiger partial charge in [-0.25, -0.2) is 0 Å². The molecule has 6 aromatic carbocycles. The molecule has 0 bridgehead atoms. The van der Waals surface area contributed by atoms with Gasteiger partial charge in [0, 0.05) is 53.4 Å². The lowest BCUT2D eigenvalue weighted by atomic mass is 9.90. The summed E-state index contributed by atoms with van der Waals surface area (Å²) in [7, 11) is 0. The quantitative estimate of drug-likeness (QED) is 0.189. The van der Waals surface area contributed by atoms with Crippen LogP contribution in [-0.4, -0.2) is 9.13 Å². The summed E-state index contributed by atoms with van der Waals surface area (Å²) in [5, 5.41) is 6.57. The predicted molar refractivity (Wildman–Crippen MR) is 198 cm³/mol. The Morgan fingerprint density at radius 1 is 0.522 bits per heavy atom. The lowest BCUT2D eigenvalue weighted by molar-refractivity contribution is 0.773. The largest absolute Gasteiger partial charge is 0.310 e. The minimum Gasteiger partial charge on any atom is -0.310 e. The summed E-state index contributed by atoms with van der Waals surface area (Å²) in [5.74, 6) is 0.473. The summed E-state index contributed by atoms with van der Waals surface area (Å²) >= 11 is 1.87. The van der Waals surface area contributed by atoms with E-state index in [-0.39, 0.29) is 0 Å². The van der Waals surface area contributed by atoms with Gasteiger partial charge in [-0.3, -0.25) is 0 Å². The number of nitrogens with zero attached hydrogens (tertiary/aromatic N) is 2. The Morgan fingerprint density at radius 2 is 1.20 bits per heavy atom. The number of thiophene rings is 1. The molecule has 1 atom stereocenters. The van der Waals surface area contributed by atoms with Gasteiger partial charge in [0.2, 0.25) is 0 Å². The first kappa shape index (κ1) is 25.9. The Kier molecular flexibility index (Phi) is 5.52. The average Bonchev–Trinajstić information content (AvgIpc) is 3.76. The van der Waals surface area contributed by atoms with E-state index in [2.05, 4.69) is 162 Å². The fourth-order valence-electron chi connectivity index (χ4n) is 7.84. The highest BCUT2D eigenvalue weighted by Gasteiger charge is 2.23. The molecule has 9 aromatic rings. The summed E-state index contributed by atoms with van der Waals surface area (Å²) in [6, 6.07) is 49.4. The third-order valence-corrected chi connectivity index (χ3v) is 11.1. The molecule has 0 radical (unpaired) electrons. The van der Waals surface area contributed by atoms with Crippen LogP contribution in [0, 0.1) is 0 Å². The molecular weight excluding hydrogens is 577 g/mol. The Balaban J connectivity index is 1.17. The fourth-order valence-corrected chi connectivity index (χ4v) is 8.92. The van der Waals surface area contributed by atoms with E-state index >= 15 is 0 Å². The van der Waals surface area contributed by atoms with Gasteiger partial charge in [0.05, 0.1) is 16.6 Å². The van der Waals surface area contributed by atoms with Crippen LogP contribution in [0.1, 0.15) is 30.5 Å². The van der Waals surface area contributed by atoms with Gasteiger partial charge in [0.15, 0.2) is 0 Å². The zero-order valence-corrected chi connectivity index (χ0v) is 26.3. The van der Waals surface area contributed by atoms with Gasteiger partial charge in [0.1, 0.15) is 0 Å². The van der Waals surface area contributed by atoms with E-state index in [9.17, 15) is 0 Å². The SMILES string of the molecule is CC1CC=Cc2c1c1cc(-c3ccc4c(c3)c3ccccc3n4-c3ccc4sc5ccccc5c4c3)ccc1n2-c1ccccc1. The van der Waals surface area contributed by atoms with Crippen LogP contribution in [-0.2, 0) is 0 Å². The van der Waals surface area contributed by atoms with Gasteiger partial charge in [-0.2, -0.15) is 0 Å². The van der Waals surface area contributed by atoms with Crippen molar-refractivity contribution in [2.45, 2.75) is 19.3 Å². The topological polar surface area (TPSA) is 9.86 Å². The molecule has 0 amide bonds. The maximum atomic E-state index is 2.44. The van der Waals surface area contributed by atoms with E-state index in [4.69, 9.17) is 0 Å². The first-order valence-electron chi connectivity index (χ1n) is 16.1. The Labute approximate surface area is 271 Å². The van der Waals surface area contributed by atoms with Crippen LogP contribution < -0.4 is 0 Å². The molecule has 0 spiro atoms. The molecule has 0 N–H and O–H groups in total. The number of allylic oxidation sites excluding steroid dienone is 1. The molecule has 1 aliphatic carbocycles. The fraction of sp³-hybridized carbons (Fsp3) is 0.0698. The minimum absolute atomic E-state index is 0.473. The number of para-hydroxylation sites is 2. The van der Waals surface area contributed by atoms with Crippen molar-refractivity contribution in [1.82, 2.24) is 9.13 Å². The summed E-state index contributed by atoms with van der Waals surface area (Å²) in [6.07, 6.45) is 5.72. The maximum Gasteiger partial charge on any atom is 0.0541 e. The van der Waals surface area contributed by atoms with Gasteiger partial charge >= 0.3 is 0 Å². The highest BCUT2D eigenvalue weighted by atomic mass is 32.1. The van der Waals surface area contributed by atoms with Crippen molar-refractivity contribution in [3.05, 3.63) is 151 Å². The van der Waals surface area contributed by atoms with Crippen LogP contribution in [0.5, 0.6) is 0 Å². The highest BCUT2D eigenvalue weighted by molar-refractivity contribution is 7.25. The lowest BCUT2D eigenvalue weighted by Crippen LogP contribution is -2.02. The van der Waals surface area contributed by atoms with Gasteiger partial charge in [0.25, 0.3) is 0 Å². The third-order valence-electron chi connectivity index (χ3n) is 9.94. The van der Waals surface area contributed by atoms with Crippen LogP contribution in [0.15, 0.2) is 140 Å². The van der Waals surface area contributed by atoms with Crippen molar-refractivity contribution in [3.8, 4) is 22.5 Å². The third kappa shape index (κ3) is 3.70. The van der Waals surface area contributed by atoms with Crippen LogP contribution in [0.3, 0.4) is 0 Å². The second-order valence-corrected chi connectivity index (χ2v) is 13.7. The summed E-state index contributed by atoms with van der Waals surface area (Å²) in [4.78, 5) is 0. The number of fused-ring (bicyclic) bond motifs is 9. The van der Waals surface area contributed by atoms with Crippen LogP contribution in [0.2, 0.25) is 0 Å². The standard InChI is InChI=1S/C43H30N2S/c1-27-10-9-16-40-43(27)36-25-29(19-22-39(36)44(40)30-11-3-2-4-12-30)28-18-21-38-34(24-28)32-13-5-7-15-37(32)45(38)31-20-23-42-35(26-31)33-14-6-8-17-41(33)46-42/h2-9,11-27H,10H2,1H3. The number of aromatic nitrogens is 2. The molecule has 1 aliphatic rings. The molecule has 3 heteroatoms.